The summed E-state index contributed by atoms with van der Waals surface area (Å²) in [5.41, 5.74) is 0. The molecule has 1 aromatic rings. The molecule has 0 aromatic carbocycles. The summed E-state index contributed by atoms with van der Waals surface area (Å²) in [6, 6.07) is 3.14. The van der Waals surface area contributed by atoms with Crippen LogP contribution in [0.1, 0.15) is 0 Å². The molecule has 0 spiro atoms. The van der Waals surface area contributed by atoms with Crippen LogP contribution in [-0.4, -0.2) is 25.3 Å². The Morgan fingerprint density at radius 1 is 1.50 bits per heavy atom. The van der Waals surface area contributed by atoms with Gasteiger partial charge in [-0.2, -0.15) is 4.39 Å². The molecule has 4 heteroatoms. The molecule has 0 saturated heterocycles. The average Bonchev–Trinajstić information content (AvgIpc) is 2.09. The smallest absolute Gasteiger partial charge is 0.255 e. The van der Waals surface area contributed by atoms with Crippen molar-refractivity contribution in [1.82, 2.24) is 4.98 Å². The number of aromatic nitrogens is 1. The van der Waals surface area contributed by atoms with Crippen LogP contribution >= 0.6 is 0 Å². The lowest BCUT2D eigenvalue weighted by Gasteiger charge is -2.04. The molecule has 0 atom stereocenters. The molecule has 1 rings (SSSR count). The molecule has 0 fully saturated rings. The van der Waals surface area contributed by atoms with E-state index in [1.807, 2.05) is 0 Å². The summed E-state index contributed by atoms with van der Waals surface area (Å²) < 4.78 is 22.5. The van der Waals surface area contributed by atoms with E-state index in [1.165, 1.54) is 12.3 Å². The van der Waals surface area contributed by atoms with Gasteiger partial charge in [0.15, 0.2) is 5.75 Å². The average molecular weight is 171 g/mol. The summed E-state index contributed by atoms with van der Waals surface area (Å²) >= 11 is 0. The maximum Gasteiger partial charge on any atom is 0.255 e. The first-order valence-corrected chi connectivity index (χ1v) is 3.57. The number of methoxy groups -OCH3 is 1. The Hall–Kier alpha value is -1.16. The Kier molecular flexibility index (Phi) is 3.47. The second-order valence-electron chi connectivity index (χ2n) is 2.13. The third-order valence-electron chi connectivity index (χ3n) is 1.27. The van der Waals surface area contributed by atoms with Crippen molar-refractivity contribution < 1.29 is 13.9 Å². The minimum Gasteiger partial charge on any atom is -0.486 e. The van der Waals surface area contributed by atoms with Crippen molar-refractivity contribution in [2.75, 3.05) is 20.3 Å². The molecular weight excluding hydrogens is 161 g/mol. The number of rotatable bonds is 4. The zero-order valence-electron chi connectivity index (χ0n) is 6.79. The maximum absolute atomic E-state index is 12.7. The number of hydrogen-bond acceptors (Lipinski definition) is 3. The van der Waals surface area contributed by atoms with Crippen LogP contribution in [0.3, 0.4) is 0 Å². The molecule has 66 valence electrons. The second kappa shape index (κ2) is 4.66. The molecule has 0 radical (unpaired) electrons. The van der Waals surface area contributed by atoms with Gasteiger partial charge in [-0.3, -0.25) is 0 Å². The van der Waals surface area contributed by atoms with Crippen molar-refractivity contribution in [1.29, 1.82) is 0 Å². The highest BCUT2D eigenvalue weighted by Gasteiger charge is 2.01. The largest absolute Gasteiger partial charge is 0.486 e. The monoisotopic (exact) mass is 171 g/mol. The molecule has 0 amide bonds. The zero-order chi connectivity index (χ0) is 8.81. The SMILES string of the molecule is COCCOc1cccnc1F. The highest BCUT2D eigenvalue weighted by molar-refractivity contribution is 5.17. The van der Waals surface area contributed by atoms with E-state index < -0.39 is 5.95 Å². The fourth-order valence-electron chi connectivity index (χ4n) is 0.714. The summed E-state index contributed by atoms with van der Waals surface area (Å²) in [6.45, 7) is 0.771. The zero-order valence-corrected chi connectivity index (χ0v) is 6.79. The molecule has 0 aliphatic rings. The van der Waals surface area contributed by atoms with Crippen LogP contribution in [0.2, 0.25) is 0 Å². The molecule has 0 aliphatic heterocycles. The fraction of sp³-hybridized carbons (Fsp3) is 0.375. The van der Waals surface area contributed by atoms with E-state index in [1.54, 1.807) is 13.2 Å². The van der Waals surface area contributed by atoms with Crippen molar-refractivity contribution in [2.45, 2.75) is 0 Å². The molecule has 1 aromatic heterocycles. The third kappa shape index (κ3) is 2.47. The quantitative estimate of drug-likeness (QED) is 0.504. The lowest BCUT2D eigenvalue weighted by molar-refractivity contribution is 0.143. The van der Waals surface area contributed by atoms with Gasteiger partial charge < -0.3 is 9.47 Å². The Morgan fingerprint density at radius 2 is 2.33 bits per heavy atom. The van der Waals surface area contributed by atoms with E-state index in [0.29, 0.717) is 13.2 Å². The summed E-state index contributed by atoms with van der Waals surface area (Å²) in [5, 5.41) is 0. The molecule has 0 aliphatic carbocycles. The van der Waals surface area contributed by atoms with Gasteiger partial charge >= 0.3 is 0 Å². The number of pyridine rings is 1. The van der Waals surface area contributed by atoms with Crippen molar-refractivity contribution in [3.8, 4) is 5.75 Å². The molecule has 12 heavy (non-hydrogen) atoms. The Morgan fingerprint density at radius 3 is 3.00 bits per heavy atom. The van der Waals surface area contributed by atoms with Crippen LogP contribution < -0.4 is 4.74 Å². The number of halogens is 1. The topological polar surface area (TPSA) is 31.4 Å². The van der Waals surface area contributed by atoms with Gasteiger partial charge in [-0.1, -0.05) is 0 Å². The minimum atomic E-state index is -0.589. The standard InChI is InChI=1S/C8H10FNO2/c1-11-5-6-12-7-3-2-4-10-8(7)9/h2-4H,5-6H2,1H3. The molecule has 3 nitrogen and oxygen atoms in total. The van der Waals surface area contributed by atoms with E-state index in [-0.39, 0.29) is 5.75 Å². The van der Waals surface area contributed by atoms with Crippen LogP contribution in [0.15, 0.2) is 18.3 Å². The highest BCUT2D eigenvalue weighted by Crippen LogP contribution is 2.11. The first-order valence-electron chi connectivity index (χ1n) is 3.57. The summed E-state index contributed by atoms with van der Waals surface area (Å²) in [5.74, 6) is -0.428. The van der Waals surface area contributed by atoms with Crippen LogP contribution in [0.4, 0.5) is 4.39 Å². The molecule has 0 unspecified atom stereocenters. The Balaban J connectivity index is 2.46. The van der Waals surface area contributed by atoms with Crippen LogP contribution in [0.5, 0.6) is 5.75 Å². The van der Waals surface area contributed by atoms with E-state index in [0.717, 1.165) is 0 Å². The predicted octanol–water partition coefficient (Wildman–Crippen LogP) is 1.25. The van der Waals surface area contributed by atoms with E-state index in [4.69, 9.17) is 9.47 Å². The summed E-state index contributed by atoms with van der Waals surface area (Å²) in [6.07, 6.45) is 1.37. The van der Waals surface area contributed by atoms with Crippen molar-refractivity contribution in [2.24, 2.45) is 0 Å². The van der Waals surface area contributed by atoms with Gasteiger partial charge in [0.1, 0.15) is 6.61 Å². The summed E-state index contributed by atoms with van der Waals surface area (Å²) in [4.78, 5) is 3.43. The van der Waals surface area contributed by atoms with Crippen molar-refractivity contribution >= 4 is 0 Å². The first-order chi connectivity index (χ1) is 5.84. The maximum atomic E-state index is 12.7. The Bertz CT molecular complexity index is 242. The molecule has 1 heterocycles. The van der Waals surface area contributed by atoms with Crippen LogP contribution in [0.25, 0.3) is 0 Å². The van der Waals surface area contributed by atoms with Gasteiger partial charge in [-0.05, 0) is 12.1 Å². The molecule has 0 saturated carbocycles. The van der Waals surface area contributed by atoms with Crippen molar-refractivity contribution in [3.05, 3.63) is 24.3 Å². The van der Waals surface area contributed by atoms with E-state index in [9.17, 15) is 4.39 Å². The van der Waals surface area contributed by atoms with Crippen LogP contribution in [0, 0.1) is 5.95 Å². The summed E-state index contributed by atoms with van der Waals surface area (Å²) in [7, 11) is 1.56. The van der Waals surface area contributed by atoms with Gasteiger partial charge in [0.2, 0.25) is 0 Å². The van der Waals surface area contributed by atoms with Crippen LogP contribution in [-0.2, 0) is 4.74 Å². The number of ether oxygens (including phenoxy) is 2. The van der Waals surface area contributed by atoms with E-state index in [2.05, 4.69) is 4.98 Å². The number of hydrogen-bond donors (Lipinski definition) is 0. The molecular formula is C8H10FNO2. The minimum absolute atomic E-state index is 0.162. The normalized spacial score (nSPS) is 9.83. The lowest BCUT2D eigenvalue weighted by atomic mass is 10.4. The molecule has 0 bridgehead atoms. The van der Waals surface area contributed by atoms with Gasteiger partial charge in [-0.25, -0.2) is 4.98 Å². The van der Waals surface area contributed by atoms with Crippen molar-refractivity contribution in [3.63, 3.8) is 0 Å². The van der Waals surface area contributed by atoms with Gasteiger partial charge in [0, 0.05) is 13.3 Å². The Labute approximate surface area is 70.1 Å². The highest BCUT2D eigenvalue weighted by atomic mass is 19.1. The predicted molar refractivity (Wildman–Crippen MR) is 41.6 cm³/mol. The first kappa shape index (κ1) is 8.93. The van der Waals surface area contributed by atoms with Gasteiger partial charge in [0.25, 0.3) is 5.95 Å². The number of nitrogens with zero attached hydrogens (tertiary/aromatic N) is 1. The lowest BCUT2D eigenvalue weighted by Crippen LogP contribution is -2.05. The molecule has 0 N–H and O–H groups in total. The van der Waals surface area contributed by atoms with Gasteiger partial charge in [-0.15, -0.1) is 0 Å². The van der Waals surface area contributed by atoms with E-state index >= 15 is 0 Å². The van der Waals surface area contributed by atoms with Gasteiger partial charge in [0.05, 0.1) is 6.61 Å². The third-order valence-corrected chi connectivity index (χ3v) is 1.27. The fourth-order valence-corrected chi connectivity index (χ4v) is 0.714. The second-order valence-corrected chi connectivity index (χ2v) is 2.13.